The van der Waals surface area contributed by atoms with Crippen molar-refractivity contribution in [3.8, 4) is 0 Å². The highest BCUT2D eigenvalue weighted by molar-refractivity contribution is 5.12. The van der Waals surface area contributed by atoms with Crippen LogP contribution >= 0.6 is 0 Å². The number of fused-ring (bicyclic) bond motifs is 5. The van der Waals surface area contributed by atoms with E-state index < -0.39 is 0 Å². The van der Waals surface area contributed by atoms with Crippen LogP contribution in [0, 0.1) is 34.5 Å². The van der Waals surface area contributed by atoms with Gasteiger partial charge in [0.25, 0.3) is 0 Å². The van der Waals surface area contributed by atoms with Gasteiger partial charge in [-0.2, -0.15) is 0 Å². The average molecular weight is 308 g/mol. The van der Waals surface area contributed by atoms with Crippen molar-refractivity contribution in [2.24, 2.45) is 34.5 Å². The van der Waals surface area contributed by atoms with Crippen LogP contribution in [0.1, 0.15) is 65.2 Å². The normalized spacial score (nSPS) is 61.2. The number of aliphatic hydroxyl groups excluding tert-OH is 3. The van der Waals surface area contributed by atoms with Gasteiger partial charge < -0.3 is 15.3 Å². The minimum absolute atomic E-state index is 0.0273. The van der Waals surface area contributed by atoms with E-state index in [-0.39, 0.29) is 29.1 Å². The van der Waals surface area contributed by atoms with Gasteiger partial charge in [-0.1, -0.05) is 20.3 Å². The summed E-state index contributed by atoms with van der Waals surface area (Å²) in [6.07, 6.45) is 7.37. The molecule has 0 bridgehead atoms. The maximum absolute atomic E-state index is 10.9. The summed E-state index contributed by atoms with van der Waals surface area (Å²) >= 11 is 0. The Morgan fingerprint density at radius 2 is 1.59 bits per heavy atom. The van der Waals surface area contributed by atoms with E-state index in [1.807, 2.05) is 0 Å². The molecule has 4 rings (SSSR count). The molecule has 9 atom stereocenters. The summed E-state index contributed by atoms with van der Waals surface area (Å²) in [5.41, 5.74) is 0.230. The van der Waals surface area contributed by atoms with E-state index in [0.717, 1.165) is 38.5 Å². The molecule has 0 radical (unpaired) electrons. The van der Waals surface area contributed by atoms with Gasteiger partial charge in [-0.3, -0.25) is 0 Å². The monoisotopic (exact) mass is 308 g/mol. The lowest BCUT2D eigenvalue weighted by molar-refractivity contribution is -0.197. The molecule has 126 valence electrons. The maximum atomic E-state index is 10.9. The molecule has 0 aromatic heterocycles. The molecule has 3 N–H and O–H groups in total. The third-order valence-corrected chi connectivity index (χ3v) is 8.57. The van der Waals surface area contributed by atoms with Crippen molar-refractivity contribution < 1.29 is 15.3 Å². The standard InChI is InChI=1S/C19H32O3/c1-18-7-5-12(20)8-11(18)9-15(21)17-13-4-3-6-19(13,2)16(22)10-14(17)18/h11-17,20-22H,3-10H2,1-2H3/t11-,12+,13-,14-,15+,16-,17-,18-,19-/m0/s1. The van der Waals surface area contributed by atoms with Gasteiger partial charge in [-0.15, -0.1) is 0 Å². The molecule has 0 saturated heterocycles. The van der Waals surface area contributed by atoms with Crippen molar-refractivity contribution in [2.75, 3.05) is 0 Å². The van der Waals surface area contributed by atoms with Gasteiger partial charge in [-0.05, 0) is 79.4 Å². The van der Waals surface area contributed by atoms with Crippen LogP contribution in [-0.4, -0.2) is 33.6 Å². The molecule has 0 heterocycles. The molecule has 4 aliphatic rings. The second kappa shape index (κ2) is 4.94. The van der Waals surface area contributed by atoms with Crippen molar-refractivity contribution >= 4 is 0 Å². The lowest BCUT2D eigenvalue weighted by atomic mass is 9.44. The first-order valence-corrected chi connectivity index (χ1v) is 9.40. The molecular weight excluding hydrogens is 276 g/mol. The zero-order valence-electron chi connectivity index (χ0n) is 14.0. The molecule has 4 fully saturated rings. The number of rotatable bonds is 0. The Labute approximate surface area is 134 Å². The third kappa shape index (κ3) is 1.91. The van der Waals surface area contributed by atoms with Crippen LogP contribution in [0.25, 0.3) is 0 Å². The van der Waals surface area contributed by atoms with Gasteiger partial charge in [0.1, 0.15) is 0 Å². The van der Waals surface area contributed by atoms with Crippen molar-refractivity contribution in [2.45, 2.75) is 83.5 Å². The number of hydrogen-bond donors (Lipinski definition) is 3. The lowest BCUT2D eigenvalue weighted by Crippen LogP contribution is -2.61. The Balaban J connectivity index is 1.70. The van der Waals surface area contributed by atoms with E-state index in [1.54, 1.807) is 0 Å². The van der Waals surface area contributed by atoms with E-state index >= 15 is 0 Å². The molecule has 0 aromatic carbocycles. The third-order valence-electron chi connectivity index (χ3n) is 8.57. The summed E-state index contributed by atoms with van der Waals surface area (Å²) in [4.78, 5) is 0. The fourth-order valence-electron chi connectivity index (χ4n) is 7.16. The predicted molar refractivity (Wildman–Crippen MR) is 85.1 cm³/mol. The second-order valence-electron chi connectivity index (χ2n) is 9.37. The van der Waals surface area contributed by atoms with Crippen molar-refractivity contribution in [1.29, 1.82) is 0 Å². The van der Waals surface area contributed by atoms with Gasteiger partial charge in [0.15, 0.2) is 0 Å². The van der Waals surface area contributed by atoms with E-state index in [2.05, 4.69) is 13.8 Å². The van der Waals surface area contributed by atoms with Crippen LogP contribution in [0.3, 0.4) is 0 Å². The fraction of sp³-hybridized carbons (Fsp3) is 1.00. The minimum Gasteiger partial charge on any atom is -0.393 e. The Bertz CT molecular complexity index is 452. The largest absolute Gasteiger partial charge is 0.393 e. The van der Waals surface area contributed by atoms with Crippen LogP contribution in [0.15, 0.2) is 0 Å². The second-order valence-corrected chi connectivity index (χ2v) is 9.37. The van der Waals surface area contributed by atoms with Gasteiger partial charge in [0.05, 0.1) is 18.3 Å². The molecule has 3 heteroatoms. The molecular formula is C19H32O3. The van der Waals surface area contributed by atoms with E-state index in [4.69, 9.17) is 0 Å². The Morgan fingerprint density at radius 3 is 2.36 bits per heavy atom. The van der Waals surface area contributed by atoms with Crippen LogP contribution < -0.4 is 0 Å². The Hall–Kier alpha value is -0.120. The summed E-state index contributed by atoms with van der Waals surface area (Å²) in [5, 5.41) is 31.9. The predicted octanol–water partition coefficient (Wildman–Crippen LogP) is 2.72. The highest BCUT2D eigenvalue weighted by Gasteiger charge is 2.62. The fourth-order valence-corrected chi connectivity index (χ4v) is 7.16. The Morgan fingerprint density at radius 1 is 0.818 bits per heavy atom. The molecule has 0 aromatic rings. The van der Waals surface area contributed by atoms with Crippen LogP contribution in [0.2, 0.25) is 0 Å². The summed E-state index contributed by atoms with van der Waals surface area (Å²) in [7, 11) is 0. The smallest absolute Gasteiger partial charge is 0.0599 e. The zero-order chi connectivity index (χ0) is 15.7. The number of hydrogen-bond acceptors (Lipinski definition) is 3. The van der Waals surface area contributed by atoms with Gasteiger partial charge >= 0.3 is 0 Å². The maximum Gasteiger partial charge on any atom is 0.0599 e. The van der Waals surface area contributed by atoms with Gasteiger partial charge in [-0.25, -0.2) is 0 Å². The summed E-state index contributed by atoms with van der Waals surface area (Å²) in [6.45, 7) is 4.65. The van der Waals surface area contributed by atoms with Gasteiger partial charge in [0.2, 0.25) is 0 Å². The molecule has 0 spiro atoms. The summed E-state index contributed by atoms with van der Waals surface area (Å²) < 4.78 is 0. The molecule has 22 heavy (non-hydrogen) atoms. The van der Waals surface area contributed by atoms with Crippen molar-refractivity contribution in [3.63, 3.8) is 0 Å². The SMILES string of the molecule is C[C@]12CC[C@@H](O)C[C@H]1C[C@@H](O)[C@@H]1[C@@H]2C[C@H](O)[C@@]2(C)CCC[C@@H]12. The quantitative estimate of drug-likeness (QED) is 0.645. The molecule has 0 aliphatic heterocycles. The lowest BCUT2D eigenvalue weighted by Gasteiger charge is -2.62. The highest BCUT2D eigenvalue weighted by atomic mass is 16.3. The average Bonchev–Trinajstić information content (AvgIpc) is 2.85. The molecule has 4 aliphatic carbocycles. The summed E-state index contributed by atoms with van der Waals surface area (Å²) in [6, 6.07) is 0. The van der Waals surface area contributed by atoms with Crippen LogP contribution in [-0.2, 0) is 0 Å². The van der Waals surface area contributed by atoms with Crippen molar-refractivity contribution in [1.82, 2.24) is 0 Å². The van der Waals surface area contributed by atoms with E-state index in [0.29, 0.717) is 23.7 Å². The topological polar surface area (TPSA) is 60.7 Å². The van der Waals surface area contributed by atoms with Crippen molar-refractivity contribution in [3.05, 3.63) is 0 Å². The molecule has 0 amide bonds. The molecule has 3 nitrogen and oxygen atoms in total. The zero-order valence-corrected chi connectivity index (χ0v) is 14.0. The van der Waals surface area contributed by atoms with E-state index in [1.165, 1.54) is 12.8 Å². The first-order valence-electron chi connectivity index (χ1n) is 9.40. The summed E-state index contributed by atoms with van der Waals surface area (Å²) in [5.74, 6) is 1.71. The first-order chi connectivity index (χ1) is 10.4. The minimum atomic E-state index is -0.233. The highest BCUT2D eigenvalue weighted by Crippen LogP contribution is 2.66. The number of aliphatic hydroxyl groups is 3. The molecule has 0 unspecified atom stereocenters. The van der Waals surface area contributed by atoms with Crippen LogP contribution in [0.4, 0.5) is 0 Å². The Kier molecular flexibility index (Phi) is 3.46. The van der Waals surface area contributed by atoms with Gasteiger partial charge in [0, 0.05) is 0 Å². The van der Waals surface area contributed by atoms with E-state index in [9.17, 15) is 15.3 Å². The van der Waals surface area contributed by atoms with Crippen LogP contribution in [0.5, 0.6) is 0 Å². The molecule has 4 saturated carbocycles. The first kappa shape index (κ1) is 15.4.